The van der Waals surface area contributed by atoms with Gasteiger partial charge in [-0.2, -0.15) is 0 Å². The lowest BCUT2D eigenvalue weighted by atomic mass is 9.99. The van der Waals surface area contributed by atoms with Gasteiger partial charge >= 0.3 is 0 Å². The van der Waals surface area contributed by atoms with E-state index in [9.17, 15) is 0 Å². The first-order chi connectivity index (χ1) is 35.6. The van der Waals surface area contributed by atoms with Gasteiger partial charge in [-0.3, -0.25) is 4.40 Å². The highest BCUT2D eigenvalue weighted by Crippen LogP contribution is 2.41. The van der Waals surface area contributed by atoms with E-state index in [0.717, 1.165) is 66.9 Å². The topological polar surface area (TPSA) is 56.0 Å². The summed E-state index contributed by atoms with van der Waals surface area (Å²) in [6.45, 7) is 0. The molecule has 0 aliphatic heterocycles. The summed E-state index contributed by atoms with van der Waals surface area (Å²) in [6.07, 6.45) is 0. The Labute approximate surface area is 419 Å². The van der Waals surface area contributed by atoms with Crippen LogP contribution in [0.4, 0.5) is 0 Å². The van der Waals surface area contributed by atoms with Gasteiger partial charge in [0.1, 0.15) is 0 Å². The Balaban J connectivity index is 0.856. The lowest BCUT2D eigenvalue weighted by Gasteiger charge is -2.12. The molecule has 0 amide bonds. The van der Waals surface area contributed by atoms with Crippen LogP contribution in [0.2, 0.25) is 0 Å². The zero-order valence-corrected chi connectivity index (χ0v) is 39.6. The zero-order chi connectivity index (χ0) is 47.5. The van der Waals surface area contributed by atoms with Gasteiger partial charge in [0, 0.05) is 32.2 Å². The molecule has 0 aliphatic carbocycles. The monoisotopic (exact) mass is 935 g/mol. The highest BCUT2D eigenvalue weighted by Gasteiger charge is 2.20. The van der Waals surface area contributed by atoms with Crippen LogP contribution in [0.1, 0.15) is 0 Å². The molecule has 0 saturated heterocycles. The maximum absolute atomic E-state index is 5.34. The molecule has 14 aromatic rings. The van der Waals surface area contributed by atoms with Crippen LogP contribution < -0.4 is 0 Å². The summed E-state index contributed by atoms with van der Waals surface area (Å²) in [5.74, 6) is 1.82. The number of aromatic nitrogens is 5. The predicted molar refractivity (Wildman–Crippen MR) is 300 cm³/mol. The molecule has 72 heavy (non-hydrogen) atoms. The standard InChI is InChI=1S/C66H41N5S/c1-3-11-42(12-4-1)44-19-23-46(24-20-44)48-27-33-51(34-28-48)63-68-64(52-35-29-49(30-36-52)47-25-21-45(22-26-47)43-13-5-2-6-14-43)70-65(69-63)53-37-31-50(32-38-53)59-41-57-56-17-9-10-18-61(56)72-62(57)66-67-58-39-54-15-7-8-16-55(54)40-60(58)71(59)66/h1-41H. The van der Waals surface area contributed by atoms with Crippen LogP contribution in [0.15, 0.2) is 249 Å². The Morgan fingerprint density at radius 3 is 1.14 bits per heavy atom. The molecule has 0 spiro atoms. The van der Waals surface area contributed by atoms with E-state index >= 15 is 0 Å². The lowest BCUT2D eigenvalue weighted by Crippen LogP contribution is -2.00. The largest absolute Gasteiger partial charge is 0.291 e. The van der Waals surface area contributed by atoms with Crippen molar-refractivity contribution in [2.75, 3.05) is 0 Å². The number of rotatable bonds is 8. The fourth-order valence-electron chi connectivity index (χ4n) is 10.1. The first-order valence-corrected chi connectivity index (χ1v) is 25.0. The van der Waals surface area contributed by atoms with Gasteiger partial charge in [0.15, 0.2) is 23.1 Å². The SMILES string of the molecule is c1ccc(-c2ccc(-c3ccc(-c4nc(-c5ccc(-c6ccc(-c7ccccc7)cc6)cc5)nc(-c5ccc(-c6cc7c8ccccc8sc7c7nc8cc9ccccc9cc8n67)cc5)n4)cc3)cc2)cc1. The number of pyridine rings is 1. The van der Waals surface area contributed by atoms with Crippen LogP contribution in [-0.4, -0.2) is 24.3 Å². The third-order valence-corrected chi connectivity index (χ3v) is 15.1. The lowest BCUT2D eigenvalue weighted by molar-refractivity contribution is 1.07. The minimum Gasteiger partial charge on any atom is -0.291 e. The van der Waals surface area contributed by atoms with Crippen molar-refractivity contribution in [3.05, 3.63) is 249 Å². The Hall–Kier alpha value is -9.36. The summed E-state index contributed by atoms with van der Waals surface area (Å²) >= 11 is 1.81. The molecule has 0 atom stereocenters. The number of thiophene rings is 1. The van der Waals surface area contributed by atoms with Crippen LogP contribution >= 0.6 is 11.3 Å². The fraction of sp³-hybridized carbons (Fsp3) is 0. The van der Waals surface area contributed by atoms with Gasteiger partial charge in [-0.25, -0.2) is 19.9 Å². The number of benzene rings is 10. The van der Waals surface area contributed by atoms with Crippen molar-refractivity contribution >= 4 is 59.0 Å². The fourth-order valence-corrected chi connectivity index (χ4v) is 11.3. The van der Waals surface area contributed by atoms with E-state index < -0.39 is 0 Å². The highest BCUT2D eigenvalue weighted by molar-refractivity contribution is 7.26. The number of nitrogens with zero attached hydrogens (tertiary/aromatic N) is 5. The number of imidazole rings is 1. The second-order valence-corrected chi connectivity index (χ2v) is 19.3. The van der Waals surface area contributed by atoms with Crippen LogP contribution in [-0.2, 0) is 0 Å². The molecule has 14 rings (SSSR count). The third kappa shape index (κ3) is 7.41. The highest BCUT2D eigenvalue weighted by atomic mass is 32.1. The molecule has 336 valence electrons. The van der Waals surface area contributed by atoms with Crippen molar-refractivity contribution in [1.29, 1.82) is 0 Å². The maximum Gasteiger partial charge on any atom is 0.164 e. The molecule has 4 aromatic heterocycles. The first-order valence-electron chi connectivity index (χ1n) is 24.2. The summed E-state index contributed by atoms with van der Waals surface area (Å²) in [5.41, 5.74) is 17.2. The second kappa shape index (κ2) is 17.2. The van der Waals surface area contributed by atoms with Gasteiger partial charge in [0.2, 0.25) is 0 Å². The summed E-state index contributed by atoms with van der Waals surface area (Å²) in [4.78, 5) is 20.9. The van der Waals surface area contributed by atoms with Crippen molar-refractivity contribution in [2.45, 2.75) is 0 Å². The molecule has 0 fully saturated rings. The van der Waals surface area contributed by atoms with Crippen molar-refractivity contribution in [2.24, 2.45) is 0 Å². The molecule has 0 N–H and O–H groups in total. The van der Waals surface area contributed by atoms with E-state index in [1.807, 2.05) is 12.1 Å². The van der Waals surface area contributed by atoms with Crippen LogP contribution in [0.3, 0.4) is 0 Å². The minimum atomic E-state index is 0.603. The van der Waals surface area contributed by atoms with Crippen LogP contribution in [0.25, 0.3) is 138 Å². The molecule has 0 bridgehead atoms. The summed E-state index contributed by atoms with van der Waals surface area (Å²) in [7, 11) is 0. The Morgan fingerprint density at radius 1 is 0.292 bits per heavy atom. The van der Waals surface area contributed by atoms with E-state index in [1.54, 1.807) is 11.3 Å². The average Bonchev–Trinajstić information content (AvgIpc) is 4.03. The Kier molecular flexibility index (Phi) is 9.96. The second-order valence-electron chi connectivity index (χ2n) is 18.3. The van der Waals surface area contributed by atoms with Gasteiger partial charge < -0.3 is 0 Å². The number of hydrogen-bond donors (Lipinski definition) is 0. The normalized spacial score (nSPS) is 11.6. The van der Waals surface area contributed by atoms with Gasteiger partial charge in [0.25, 0.3) is 0 Å². The maximum atomic E-state index is 5.34. The molecule has 0 radical (unpaired) electrons. The molecule has 6 heteroatoms. The molecule has 0 aliphatic rings. The van der Waals surface area contributed by atoms with Crippen molar-refractivity contribution < 1.29 is 0 Å². The third-order valence-electron chi connectivity index (χ3n) is 13.9. The van der Waals surface area contributed by atoms with Gasteiger partial charge in [-0.15, -0.1) is 11.3 Å². The van der Waals surface area contributed by atoms with Crippen LogP contribution in [0, 0.1) is 0 Å². The summed E-state index contributed by atoms with van der Waals surface area (Å²) in [5, 5.41) is 4.81. The zero-order valence-electron chi connectivity index (χ0n) is 38.8. The van der Waals surface area contributed by atoms with E-state index in [2.05, 4.69) is 241 Å². The molecule has 0 saturated carbocycles. The average molecular weight is 936 g/mol. The Bertz CT molecular complexity index is 4170. The molecule has 5 nitrogen and oxygen atoms in total. The molecular formula is C66H41N5S. The summed E-state index contributed by atoms with van der Waals surface area (Å²) in [6, 6.07) is 88.2. The van der Waals surface area contributed by atoms with Crippen molar-refractivity contribution in [3.8, 4) is 89.9 Å². The molecule has 10 aromatic carbocycles. The van der Waals surface area contributed by atoms with Gasteiger partial charge in [-0.05, 0) is 85.1 Å². The van der Waals surface area contributed by atoms with E-state index in [-0.39, 0.29) is 0 Å². The number of fused-ring (bicyclic) bond motifs is 8. The van der Waals surface area contributed by atoms with Crippen LogP contribution in [0.5, 0.6) is 0 Å². The van der Waals surface area contributed by atoms with Crippen molar-refractivity contribution in [3.63, 3.8) is 0 Å². The van der Waals surface area contributed by atoms with Gasteiger partial charge in [-0.1, -0.05) is 224 Å². The smallest absolute Gasteiger partial charge is 0.164 e. The van der Waals surface area contributed by atoms with E-state index in [4.69, 9.17) is 19.9 Å². The predicted octanol–water partition coefficient (Wildman–Crippen LogP) is 17.5. The Morgan fingerprint density at radius 2 is 0.667 bits per heavy atom. The van der Waals surface area contributed by atoms with Crippen molar-refractivity contribution in [1.82, 2.24) is 24.3 Å². The molecule has 4 heterocycles. The molecule has 0 unspecified atom stereocenters. The number of hydrogen-bond acceptors (Lipinski definition) is 5. The molecular weight excluding hydrogens is 895 g/mol. The van der Waals surface area contributed by atoms with Gasteiger partial charge in [0.05, 0.1) is 21.4 Å². The minimum absolute atomic E-state index is 0.603. The van der Waals surface area contributed by atoms with E-state index in [0.29, 0.717) is 17.5 Å². The quantitative estimate of drug-likeness (QED) is 0.152. The van der Waals surface area contributed by atoms with E-state index in [1.165, 1.54) is 53.2 Å². The summed E-state index contributed by atoms with van der Waals surface area (Å²) < 4.78 is 4.78. The first kappa shape index (κ1) is 41.6.